The lowest BCUT2D eigenvalue weighted by Gasteiger charge is -2.20. The van der Waals surface area contributed by atoms with Crippen LogP contribution in [0.25, 0.3) is 0 Å². The van der Waals surface area contributed by atoms with E-state index < -0.39 is 7.73 Å². The van der Waals surface area contributed by atoms with Crippen LogP contribution in [0.3, 0.4) is 0 Å². The standard InChI is InChI=1S/C13H10ClO2P/c14-17-15-12-7-3-1-5-10(12)9-11-6-2-4-8-13(11)16-17/h1-8H,9H2. The molecule has 0 aromatic heterocycles. The van der Waals surface area contributed by atoms with Crippen LogP contribution in [0, 0.1) is 0 Å². The fraction of sp³-hybridized carbons (Fsp3) is 0.0769. The Morgan fingerprint density at radius 2 is 1.29 bits per heavy atom. The number of halogens is 1. The molecule has 0 atom stereocenters. The minimum absolute atomic E-state index is 0.798. The Kier molecular flexibility index (Phi) is 2.92. The van der Waals surface area contributed by atoms with Crippen LogP contribution < -0.4 is 9.05 Å². The van der Waals surface area contributed by atoms with Gasteiger partial charge in [0, 0.05) is 6.42 Å². The molecule has 4 heteroatoms. The maximum Gasteiger partial charge on any atom is 0.401 e. The van der Waals surface area contributed by atoms with Crippen molar-refractivity contribution in [1.29, 1.82) is 0 Å². The van der Waals surface area contributed by atoms with Gasteiger partial charge in [-0.15, -0.1) is 0 Å². The summed E-state index contributed by atoms with van der Waals surface area (Å²) < 4.78 is 11.2. The Morgan fingerprint density at radius 3 is 1.82 bits per heavy atom. The molecule has 1 heterocycles. The predicted octanol–water partition coefficient (Wildman–Crippen LogP) is 4.51. The number of para-hydroxylation sites is 2. The Hall–Kier alpha value is -1.24. The predicted molar refractivity (Wildman–Crippen MR) is 69.7 cm³/mol. The molecule has 2 aromatic carbocycles. The first-order chi connectivity index (χ1) is 8.33. The van der Waals surface area contributed by atoms with Crippen LogP contribution in [0.15, 0.2) is 48.5 Å². The highest BCUT2D eigenvalue weighted by atomic mass is 35.7. The Labute approximate surface area is 106 Å². The number of hydrogen-bond donors (Lipinski definition) is 0. The zero-order chi connectivity index (χ0) is 11.7. The molecule has 17 heavy (non-hydrogen) atoms. The van der Waals surface area contributed by atoms with E-state index in [0.717, 1.165) is 29.0 Å². The van der Waals surface area contributed by atoms with Crippen LogP contribution in [-0.4, -0.2) is 0 Å². The Balaban J connectivity index is 2.09. The van der Waals surface area contributed by atoms with E-state index in [1.54, 1.807) is 0 Å². The summed E-state index contributed by atoms with van der Waals surface area (Å²) in [5.74, 6) is 1.62. The van der Waals surface area contributed by atoms with Crippen LogP contribution in [0.1, 0.15) is 11.1 Å². The molecule has 0 saturated carbocycles. The highest BCUT2D eigenvalue weighted by Gasteiger charge is 2.19. The van der Waals surface area contributed by atoms with E-state index >= 15 is 0 Å². The van der Waals surface area contributed by atoms with E-state index in [2.05, 4.69) is 12.1 Å². The van der Waals surface area contributed by atoms with Crippen molar-refractivity contribution >= 4 is 19.0 Å². The molecule has 2 nitrogen and oxygen atoms in total. The van der Waals surface area contributed by atoms with Crippen molar-refractivity contribution in [1.82, 2.24) is 0 Å². The van der Waals surface area contributed by atoms with Gasteiger partial charge >= 0.3 is 7.73 Å². The van der Waals surface area contributed by atoms with Crippen molar-refractivity contribution in [2.45, 2.75) is 6.42 Å². The van der Waals surface area contributed by atoms with E-state index in [1.165, 1.54) is 0 Å². The first-order valence-corrected chi connectivity index (χ1v) is 7.39. The van der Waals surface area contributed by atoms with Gasteiger partial charge in [0.15, 0.2) is 0 Å². The molecule has 0 saturated heterocycles. The monoisotopic (exact) mass is 264 g/mol. The van der Waals surface area contributed by atoms with Gasteiger partial charge in [-0.05, 0) is 34.5 Å². The fourth-order valence-corrected chi connectivity index (χ4v) is 3.01. The number of rotatable bonds is 0. The van der Waals surface area contributed by atoms with Gasteiger partial charge in [-0.1, -0.05) is 36.4 Å². The van der Waals surface area contributed by atoms with Crippen molar-refractivity contribution in [3.63, 3.8) is 0 Å². The molecular formula is C13H10ClO2P. The highest BCUT2D eigenvalue weighted by Crippen LogP contribution is 2.48. The molecule has 0 aliphatic carbocycles. The number of fused-ring (bicyclic) bond motifs is 2. The Bertz CT molecular complexity index is 497. The molecule has 0 bridgehead atoms. The van der Waals surface area contributed by atoms with Gasteiger partial charge in [0.25, 0.3) is 0 Å². The van der Waals surface area contributed by atoms with Gasteiger partial charge in [-0.3, -0.25) is 0 Å². The van der Waals surface area contributed by atoms with E-state index in [4.69, 9.17) is 20.3 Å². The van der Waals surface area contributed by atoms with Crippen LogP contribution in [-0.2, 0) is 6.42 Å². The average Bonchev–Trinajstić information content (AvgIpc) is 2.31. The molecule has 0 amide bonds. The lowest BCUT2D eigenvalue weighted by molar-refractivity contribution is 0.494. The molecule has 1 aliphatic heterocycles. The zero-order valence-corrected chi connectivity index (χ0v) is 10.6. The summed E-state index contributed by atoms with van der Waals surface area (Å²) in [7, 11) is -1.44. The normalized spacial score (nSPS) is 14.6. The summed E-state index contributed by atoms with van der Waals surface area (Å²) in [6.45, 7) is 0. The third-order valence-electron chi connectivity index (χ3n) is 2.67. The molecule has 2 aromatic rings. The van der Waals surface area contributed by atoms with Gasteiger partial charge in [0.2, 0.25) is 0 Å². The summed E-state index contributed by atoms with van der Waals surface area (Å²) in [6.07, 6.45) is 0.798. The van der Waals surface area contributed by atoms with Gasteiger partial charge in [-0.25, -0.2) is 0 Å². The van der Waals surface area contributed by atoms with E-state index in [1.807, 2.05) is 36.4 Å². The Morgan fingerprint density at radius 1 is 0.824 bits per heavy atom. The molecule has 86 valence electrons. The van der Waals surface area contributed by atoms with Gasteiger partial charge < -0.3 is 9.05 Å². The van der Waals surface area contributed by atoms with Crippen LogP contribution in [0.4, 0.5) is 0 Å². The van der Waals surface area contributed by atoms with Crippen LogP contribution in [0.5, 0.6) is 11.5 Å². The summed E-state index contributed by atoms with van der Waals surface area (Å²) >= 11 is 6.07. The van der Waals surface area contributed by atoms with Gasteiger partial charge in [-0.2, -0.15) is 0 Å². The van der Waals surface area contributed by atoms with Crippen molar-refractivity contribution in [2.24, 2.45) is 0 Å². The fourth-order valence-electron chi connectivity index (χ4n) is 1.86. The second kappa shape index (κ2) is 4.56. The third-order valence-corrected chi connectivity index (χ3v) is 3.76. The zero-order valence-electron chi connectivity index (χ0n) is 8.97. The second-order valence-corrected chi connectivity index (χ2v) is 5.41. The smallest absolute Gasteiger partial charge is 0.401 e. The molecule has 0 unspecified atom stereocenters. The van der Waals surface area contributed by atoms with Gasteiger partial charge in [0.05, 0.1) is 0 Å². The third kappa shape index (κ3) is 2.24. The van der Waals surface area contributed by atoms with Crippen LogP contribution >= 0.6 is 19.0 Å². The molecule has 0 N–H and O–H groups in total. The first-order valence-electron chi connectivity index (χ1n) is 5.30. The van der Waals surface area contributed by atoms with Crippen molar-refractivity contribution in [3.05, 3.63) is 59.7 Å². The number of hydrogen-bond acceptors (Lipinski definition) is 2. The van der Waals surface area contributed by atoms with Crippen molar-refractivity contribution < 1.29 is 9.05 Å². The van der Waals surface area contributed by atoms with Gasteiger partial charge in [0.1, 0.15) is 11.5 Å². The quantitative estimate of drug-likeness (QED) is 0.652. The highest BCUT2D eigenvalue weighted by molar-refractivity contribution is 7.76. The summed E-state index contributed by atoms with van der Waals surface area (Å²) in [5.41, 5.74) is 2.27. The van der Waals surface area contributed by atoms with E-state index in [0.29, 0.717) is 0 Å². The van der Waals surface area contributed by atoms with Crippen LogP contribution in [0.2, 0.25) is 0 Å². The van der Waals surface area contributed by atoms with Crippen molar-refractivity contribution in [3.8, 4) is 11.5 Å². The first kappa shape index (κ1) is 10.9. The molecule has 1 aliphatic rings. The van der Waals surface area contributed by atoms with Crippen molar-refractivity contribution in [2.75, 3.05) is 0 Å². The lowest BCUT2D eigenvalue weighted by atomic mass is 10.0. The summed E-state index contributed by atoms with van der Waals surface area (Å²) in [4.78, 5) is 0. The summed E-state index contributed by atoms with van der Waals surface area (Å²) in [5, 5.41) is 0. The minimum atomic E-state index is -1.44. The molecule has 0 radical (unpaired) electrons. The molecule has 3 rings (SSSR count). The van der Waals surface area contributed by atoms with E-state index in [-0.39, 0.29) is 0 Å². The minimum Gasteiger partial charge on any atom is -0.427 e. The molecule has 0 spiro atoms. The molecular weight excluding hydrogens is 255 g/mol. The summed E-state index contributed by atoms with van der Waals surface area (Å²) in [6, 6.07) is 15.8. The average molecular weight is 265 g/mol. The van der Waals surface area contributed by atoms with E-state index in [9.17, 15) is 0 Å². The second-order valence-electron chi connectivity index (χ2n) is 3.79. The SMILES string of the molecule is ClP1Oc2ccccc2Cc2ccccc2O1. The number of benzene rings is 2. The molecule has 0 fully saturated rings. The maximum absolute atomic E-state index is 6.07. The largest absolute Gasteiger partial charge is 0.427 e. The maximum atomic E-state index is 6.07. The lowest BCUT2D eigenvalue weighted by Crippen LogP contribution is -2.01. The topological polar surface area (TPSA) is 18.5 Å².